The Kier molecular flexibility index (Phi) is 4.85. The molecule has 0 saturated carbocycles. The molecule has 1 unspecified atom stereocenters. The van der Waals surface area contributed by atoms with E-state index in [-0.39, 0.29) is 0 Å². The predicted molar refractivity (Wildman–Crippen MR) is 77.7 cm³/mol. The summed E-state index contributed by atoms with van der Waals surface area (Å²) in [7, 11) is 1.44. The second kappa shape index (κ2) is 6.43. The molecule has 0 saturated heterocycles. The number of ether oxygens (including phenoxy) is 1. The third-order valence-electron chi connectivity index (χ3n) is 3.32. The van der Waals surface area contributed by atoms with E-state index in [0.717, 1.165) is 11.5 Å². The van der Waals surface area contributed by atoms with Gasteiger partial charge in [-0.25, -0.2) is 0 Å². The number of halogens is 6. The van der Waals surface area contributed by atoms with Gasteiger partial charge < -0.3 is 9.84 Å². The number of hydrogen-bond acceptors (Lipinski definition) is 4. The number of aliphatic hydroxyl groups is 1. The van der Waals surface area contributed by atoms with Gasteiger partial charge in [0, 0.05) is 5.57 Å². The van der Waals surface area contributed by atoms with E-state index in [1.54, 1.807) is 24.3 Å². The van der Waals surface area contributed by atoms with Gasteiger partial charge in [-0.1, -0.05) is 30.4 Å². The molecule has 0 fully saturated rings. The van der Waals surface area contributed by atoms with Crippen LogP contribution in [0.5, 0.6) is 5.75 Å². The average molecular weight is 366 g/mol. The fraction of sp³-hybridized carbons (Fsp3) is 0.267. The number of allylic oxidation sites excluding steroid dienone is 2. The maximum absolute atomic E-state index is 13.0. The van der Waals surface area contributed by atoms with Gasteiger partial charge in [-0.15, -0.1) is 0 Å². The van der Waals surface area contributed by atoms with Crippen LogP contribution in [0.4, 0.5) is 26.3 Å². The van der Waals surface area contributed by atoms with E-state index in [2.05, 4.69) is 5.10 Å². The highest BCUT2D eigenvalue weighted by molar-refractivity contribution is 6.07. The largest absolute Gasteiger partial charge is 0.497 e. The van der Waals surface area contributed by atoms with Crippen LogP contribution >= 0.6 is 0 Å². The van der Waals surface area contributed by atoms with Gasteiger partial charge in [0.1, 0.15) is 5.75 Å². The Labute approximate surface area is 138 Å². The molecule has 1 aliphatic heterocycles. The van der Waals surface area contributed by atoms with Crippen LogP contribution in [0, 0.1) is 0 Å². The summed E-state index contributed by atoms with van der Waals surface area (Å²) in [6.45, 7) is 0. The molecule has 1 heterocycles. The summed E-state index contributed by atoms with van der Waals surface area (Å²) in [5.41, 5.74) is -5.56. The van der Waals surface area contributed by atoms with Gasteiger partial charge in [-0.3, -0.25) is 5.43 Å². The second-order valence-electron chi connectivity index (χ2n) is 4.99. The highest BCUT2D eigenvalue weighted by Gasteiger charge is 2.63. The van der Waals surface area contributed by atoms with Crippen molar-refractivity contribution in [3.63, 3.8) is 0 Å². The molecule has 25 heavy (non-hydrogen) atoms. The van der Waals surface area contributed by atoms with Crippen LogP contribution in [0.15, 0.2) is 47.1 Å². The lowest BCUT2D eigenvalue weighted by Gasteiger charge is -2.27. The maximum Gasteiger partial charge on any atom is 0.442 e. The van der Waals surface area contributed by atoms with Gasteiger partial charge in [0.15, 0.2) is 5.71 Å². The third-order valence-corrected chi connectivity index (χ3v) is 3.32. The molecule has 4 nitrogen and oxygen atoms in total. The molecule has 1 aliphatic rings. The molecular formula is C15H12F6N2O2. The minimum Gasteiger partial charge on any atom is -0.497 e. The van der Waals surface area contributed by atoms with Crippen molar-refractivity contribution in [2.45, 2.75) is 18.1 Å². The van der Waals surface area contributed by atoms with Crippen LogP contribution < -0.4 is 10.2 Å². The molecule has 10 heteroatoms. The zero-order chi connectivity index (χ0) is 18.9. The van der Waals surface area contributed by atoms with Crippen molar-refractivity contribution >= 4 is 11.8 Å². The Balaban J connectivity index is 2.36. The molecule has 0 spiro atoms. The molecule has 2 N–H and O–H groups in total. The van der Waals surface area contributed by atoms with Crippen molar-refractivity contribution < 1.29 is 36.2 Å². The van der Waals surface area contributed by atoms with E-state index in [4.69, 9.17) is 4.74 Å². The molecule has 1 atom stereocenters. The first-order valence-corrected chi connectivity index (χ1v) is 6.73. The first-order valence-electron chi connectivity index (χ1n) is 6.73. The summed E-state index contributed by atoms with van der Waals surface area (Å²) in [5, 5.41) is 12.2. The first kappa shape index (κ1) is 18.8. The minimum atomic E-state index is -5.40. The molecule has 0 bridgehead atoms. The van der Waals surface area contributed by atoms with Crippen molar-refractivity contribution in [3.8, 4) is 5.75 Å². The zero-order valence-corrected chi connectivity index (χ0v) is 12.6. The number of hydrazone groups is 1. The summed E-state index contributed by atoms with van der Waals surface area (Å²) in [6, 6.07) is 6.24. The zero-order valence-electron chi connectivity index (χ0n) is 12.6. The van der Waals surface area contributed by atoms with Crippen molar-refractivity contribution in [2.75, 3.05) is 7.11 Å². The Morgan fingerprint density at radius 1 is 1.12 bits per heavy atom. The lowest BCUT2D eigenvalue weighted by Crippen LogP contribution is -2.54. The smallest absolute Gasteiger partial charge is 0.442 e. The highest BCUT2D eigenvalue weighted by Crippen LogP contribution is 2.41. The van der Waals surface area contributed by atoms with Crippen molar-refractivity contribution in [2.24, 2.45) is 5.10 Å². The normalized spacial score (nSPS) is 23.0. The number of alkyl halides is 6. The van der Waals surface area contributed by atoms with E-state index >= 15 is 0 Å². The van der Waals surface area contributed by atoms with Crippen LogP contribution in [0.25, 0.3) is 6.08 Å². The summed E-state index contributed by atoms with van der Waals surface area (Å²) >= 11 is 0. The Hall–Kier alpha value is -2.49. The van der Waals surface area contributed by atoms with E-state index < -0.39 is 29.4 Å². The van der Waals surface area contributed by atoms with Crippen molar-refractivity contribution in [3.05, 3.63) is 47.6 Å². The second-order valence-corrected chi connectivity index (χ2v) is 4.99. The monoisotopic (exact) mass is 366 g/mol. The van der Waals surface area contributed by atoms with E-state index in [9.17, 15) is 31.4 Å². The number of benzene rings is 1. The fourth-order valence-corrected chi connectivity index (χ4v) is 2.03. The van der Waals surface area contributed by atoms with E-state index in [1.165, 1.54) is 13.2 Å². The summed E-state index contributed by atoms with van der Waals surface area (Å²) in [6.07, 6.45) is -7.81. The Bertz CT molecular complexity index is 719. The molecule has 0 radical (unpaired) electrons. The molecule has 1 aromatic rings. The topological polar surface area (TPSA) is 53.8 Å². The first-order chi connectivity index (χ1) is 11.5. The summed E-state index contributed by atoms with van der Waals surface area (Å²) < 4.78 is 82.3. The fourth-order valence-electron chi connectivity index (χ4n) is 2.03. The van der Waals surface area contributed by atoms with Crippen LogP contribution in [-0.2, 0) is 0 Å². The predicted octanol–water partition coefficient (Wildman–Crippen LogP) is 3.41. The van der Waals surface area contributed by atoms with Gasteiger partial charge in [0.2, 0.25) is 0 Å². The van der Waals surface area contributed by atoms with Crippen LogP contribution in [0.1, 0.15) is 5.56 Å². The molecule has 136 valence electrons. The lowest BCUT2D eigenvalue weighted by molar-refractivity contribution is -0.251. The number of hydrogen-bond donors (Lipinski definition) is 2. The number of rotatable bonds is 3. The number of nitrogens with one attached hydrogen (secondary N) is 1. The Morgan fingerprint density at radius 2 is 1.72 bits per heavy atom. The van der Waals surface area contributed by atoms with Crippen molar-refractivity contribution in [1.82, 2.24) is 5.43 Å². The molecule has 1 aromatic carbocycles. The van der Waals surface area contributed by atoms with Gasteiger partial charge in [0.25, 0.3) is 5.72 Å². The van der Waals surface area contributed by atoms with Crippen molar-refractivity contribution in [1.29, 1.82) is 0 Å². The SMILES string of the molecule is COc1ccc(/C=C/C=C2/C(C(F)(F)F)=NNC2(O)C(F)(F)F)cc1. The van der Waals surface area contributed by atoms with Crippen LogP contribution in [0.3, 0.4) is 0 Å². The quantitative estimate of drug-likeness (QED) is 0.807. The number of methoxy groups -OCH3 is 1. The van der Waals surface area contributed by atoms with Crippen LogP contribution in [0.2, 0.25) is 0 Å². The van der Waals surface area contributed by atoms with Gasteiger partial charge in [-0.2, -0.15) is 31.4 Å². The van der Waals surface area contributed by atoms with Gasteiger partial charge >= 0.3 is 12.4 Å². The highest BCUT2D eigenvalue weighted by atomic mass is 19.4. The molecule has 0 amide bonds. The molecular weight excluding hydrogens is 354 g/mol. The standard InChI is InChI=1S/C15H12F6N2O2/c1-25-10-7-5-9(6-8-10)3-2-4-11-12(14(16,17)18)22-23-13(11,24)15(19,20)21/h2-8,23-24H,1H3/b3-2+,11-4-. The van der Waals surface area contributed by atoms with E-state index in [1.807, 2.05) is 0 Å². The summed E-state index contributed by atoms with van der Waals surface area (Å²) in [4.78, 5) is 0. The Morgan fingerprint density at radius 3 is 2.20 bits per heavy atom. The number of nitrogens with zero attached hydrogens (tertiary/aromatic N) is 1. The van der Waals surface area contributed by atoms with E-state index in [0.29, 0.717) is 17.4 Å². The lowest BCUT2D eigenvalue weighted by atomic mass is 9.98. The van der Waals surface area contributed by atoms with Gasteiger partial charge in [-0.05, 0) is 17.7 Å². The molecule has 0 aliphatic carbocycles. The summed E-state index contributed by atoms with van der Waals surface area (Å²) in [5.74, 6) is 0.536. The average Bonchev–Trinajstić information content (AvgIpc) is 2.86. The minimum absolute atomic E-state index is 0.504. The van der Waals surface area contributed by atoms with Crippen LogP contribution in [-0.4, -0.2) is 36.0 Å². The maximum atomic E-state index is 13.0. The van der Waals surface area contributed by atoms with Gasteiger partial charge in [0.05, 0.1) is 7.11 Å². The molecule has 0 aromatic heterocycles. The molecule has 2 rings (SSSR count). The third kappa shape index (κ3) is 3.78.